The number of aryl methyl sites for hydroxylation is 1. The molecule has 0 saturated carbocycles. The van der Waals surface area contributed by atoms with Crippen LogP contribution in [0.2, 0.25) is 0 Å². The minimum absolute atomic E-state index is 0.266. The van der Waals surface area contributed by atoms with Crippen molar-refractivity contribution < 1.29 is 12.6 Å². The lowest BCUT2D eigenvalue weighted by molar-refractivity contribution is 0.238. The molecule has 0 aliphatic rings. The molecule has 1 atom stereocenters. The van der Waals surface area contributed by atoms with Gasteiger partial charge in [0.15, 0.2) is 0 Å². The standard InChI is InChI=1S/C16H26O3S/c1-4-7-9-15(6-3)13-19-20(17,18)16-11-8-10-14(5-2)12-16/h8,10-12,15H,4-7,9,13H2,1-3H3. The number of benzene rings is 1. The van der Waals surface area contributed by atoms with Crippen LogP contribution in [0.5, 0.6) is 0 Å². The predicted octanol–water partition coefficient (Wildman–Crippen LogP) is 4.17. The molecule has 20 heavy (non-hydrogen) atoms. The average Bonchev–Trinajstić information content (AvgIpc) is 2.47. The van der Waals surface area contributed by atoms with Gasteiger partial charge in [0, 0.05) is 0 Å². The van der Waals surface area contributed by atoms with Crippen LogP contribution >= 0.6 is 0 Å². The molecule has 4 heteroatoms. The second-order valence-electron chi connectivity index (χ2n) is 5.16. The molecular weight excluding hydrogens is 272 g/mol. The number of unbranched alkanes of at least 4 members (excludes halogenated alkanes) is 1. The van der Waals surface area contributed by atoms with Gasteiger partial charge < -0.3 is 0 Å². The van der Waals surface area contributed by atoms with Crippen molar-refractivity contribution in [3.05, 3.63) is 29.8 Å². The van der Waals surface area contributed by atoms with Crippen LogP contribution in [0.25, 0.3) is 0 Å². The van der Waals surface area contributed by atoms with Gasteiger partial charge in [0.1, 0.15) is 0 Å². The fraction of sp³-hybridized carbons (Fsp3) is 0.625. The van der Waals surface area contributed by atoms with Crippen LogP contribution < -0.4 is 0 Å². The van der Waals surface area contributed by atoms with Gasteiger partial charge in [0.05, 0.1) is 11.5 Å². The van der Waals surface area contributed by atoms with Crippen molar-refractivity contribution >= 4 is 10.1 Å². The molecule has 0 aliphatic heterocycles. The Balaban J connectivity index is 2.68. The van der Waals surface area contributed by atoms with Crippen molar-refractivity contribution in [1.82, 2.24) is 0 Å². The van der Waals surface area contributed by atoms with Crippen molar-refractivity contribution in [2.45, 2.75) is 57.8 Å². The summed E-state index contributed by atoms with van der Waals surface area (Å²) in [5.74, 6) is 0.319. The summed E-state index contributed by atoms with van der Waals surface area (Å²) in [5.41, 5.74) is 1.01. The highest BCUT2D eigenvalue weighted by molar-refractivity contribution is 7.86. The summed E-state index contributed by atoms with van der Waals surface area (Å²) in [5, 5.41) is 0. The van der Waals surface area contributed by atoms with Gasteiger partial charge in [-0.2, -0.15) is 8.42 Å². The molecule has 1 rings (SSSR count). The molecule has 0 aromatic heterocycles. The van der Waals surface area contributed by atoms with E-state index in [0.29, 0.717) is 5.92 Å². The first-order valence-electron chi connectivity index (χ1n) is 7.51. The highest BCUT2D eigenvalue weighted by Crippen LogP contribution is 2.19. The Morgan fingerprint density at radius 1 is 1.20 bits per heavy atom. The van der Waals surface area contributed by atoms with Gasteiger partial charge in [-0.1, -0.05) is 52.2 Å². The molecule has 0 radical (unpaired) electrons. The van der Waals surface area contributed by atoms with E-state index >= 15 is 0 Å². The van der Waals surface area contributed by atoms with Gasteiger partial charge in [0.2, 0.25) is 0 Å². The number of hydrogen-bond acceptors (Lipinski definition) is 3. The predicted molar refractivity (Wildman–Crippen MR) is 82.3 cm³/mol. The lowest BCUT2D eigenvalue weighted by atomic mass is 10.0. The van der Waals surface area contributed by atoms with Crippen LogP contribution in [0.4, 0.5) is 0 Å². The second kappa shape index (κ2) is 8.42. The van der Waals surface area contributed by atoms with Gasteiger partial charge in [-0.25, -0.2) is 0 Å². The Morgan fingerprint density at radius 3 is 2.55 bits per heavy atom. The van der Waals surface area contributed by atoms with E-state index in [4.69, 9.17) is 4.18 Å². The monoisotopic (exact) mass is 298 g/mol. The molecule has 0 bridgehead atoms. The van der Waals surface area contributed by atoms with Crippen LogP contribution in [0, 0.1) is 5.92 Å². The molecule has 1 aromatic carbocycles. The molecule has 0 saturated heterocycles. The molecule has 0 spiro atoms. The van der Waals surface area contributed by atoms with E-state index in [-0.39, 0.29) is 11.5 Å². The fourth-order valence-corrected chi connectivity index (χ4v) is 3.12. The summed E-state index contributed by atoms with van der Waals surface area (Å²) in [6.07, 6.45) is 5.04. The van der Waals surface area contributed by atoms with Crippen molar-refractivity contribution in [2.75, 3.05) is 6.61 Å². The van der Waals surface area contributed by atoms with E-state index in [9.17, 15) is 8.42 Å². The molecule has 0 fully saturated rings. The second-order valence-corrected chi connectivity index (χ2v) is 6.77. The van der Waals surface area contributed by atoms with E-state index in [2.05, 4.69) is 13.8 Å². The lowest BCUT2D eigenvalue weighted by Gasteiger charge is -2.14. The maximum absolute atomic E-state index is 12.2. The van der Waals surface area contributed by atoms with Crippen LogP contribution in [-0.2, 0) is 20.7 Å². The maximum Gasteiger partial charge on any atom is 0.296 e. The molecule has 0 amide bonds. The Labute approximate surface area is 123 Å². The topological polar surface area (TPSA) is 43.4 Å². The molecular formula is C16H26O3S. The summed E-state index contributed by atoms with van der Waals surface area (Å²) >= 11 is 0. The summed E-state index contributed by atoms with van der Waals surface area (Å²) in [7, 11) is -3.62. The van der Waals surface area contributed by atoms with E-state index in [1.807, 2.05) is 13.0 Å². The van der Waals surface area contributed by atoms with Crippen LogP contribution in [-0.4, -0.2) is 15.0 Å². The zero-order valence-electron chi connectivity index (χ0n) is 12.8. The number of hydrogen-bond donors (Lipinski definition) is 0. The Kier molecular flexibility index (Phi) is 7.24. The van der Waals surface area contributed by atoms with E-state index in [1.54, 1.807) is 18.2 Å². The Morgan fingerprint density at radius 2 is 1.95 bits per heavy atom. The van der Waals surface area contributed by atoms with Gasteiger partial charge in [-0.05, 0) is 36.5 Å². The van der Waals surface area contributed by atoms with Gasteiger partial charge >= 0.3 is 0 Å². The summed E-state index contributed by atoms with van der Waals surface area (Å²) in [4.78, 5) is 0.266. The molecule has 0 N–H and O–H groups in total. The zero-order valence-corrected chi connectivity index (χ0v) is 13.6. The van der Waals surface area contributed by atoms with Gasteiger partial charge in [0.25, 0.3) is 10.1 Å². The first-order valence-corrected chi connectivity index (χ1v) is 8.92. The largest absolute Gasteiger partial charge is 0.296 e. The fourth-order valence-electron chi connectivity index (χ4n) is 2.07. The third kappa shape index (κ3) is 5.25. The molecule has 1 aromatic rings. The molecule has 3 nitrogen and oxygen atoms in total. The highest BCUT2D eigenvalue weighted by Gasteiger charge is 2.18. The quantitative estimate of drug-likeness (QED) is 0.643. The number of rotatable bonds is 9. The first-order chi connectivity index (χ1) is 9.53. The summed E-state index contributed by atoms with van der Waals surface area (Å²) in [6, 6.07) is 6.99. The molecule has 114 valence electrons. The normalized spacial score (nSPS) is 13.3. The van der Waals surface area contributed by atoms with E-state index < -0.39 is 10.1 Å². The van der Waals surface area contributed by atoms with Crippen molar-refractivity contribution in [3.8, 4) is 0 Å². The average molecular weight is 298 g/mol. The van der Waals surface area contributed by atoms with Crippen molar-refractivity contribution in [1.29, 1.82) is 0 Å². The minimum Gasteiger partial charge on any atom is -0.266 e. The minimum atomic E-state index is -3.62. The zero-order chi connectivity index (χ0) is 15.0. The van der Waals surface area contributed by atoms with E-state index in [1.165, 1.54) is 0 Å². The Hall–Kier alpha value is -0.870. The highest BCUT2D eigenvalue weighted by atomic mass is 32.2. The SMILES string of the molecule is CCCCC(CC)COS(=O)(=O)c1cccc(CC)c1. The third-order valence-electron chi connectivity index (χ3n) is 3.60. The van der Waals surface area contributed by atoms with Crippen LogP contribution in [0.15, 0.2) is 29.2 Å². The van der Waals surface area contributed by atoms with Crippen LogP contribution in [0.1, 0.15) is 52.0 Å². The molecule has 1 unspecified atom stereocenters. The molecule has 0 heterocycles. The first kappa shape index (κ1) is 17.2. The summed E-state index contributed by atoms with van der Waals surface area (Å²) in [6.45, 7) is 6.51. The molecule has 0 aliphatic carbocycles. The third-order valence-corrected chi connectivity index (χ3v) is 4.88. The van der Waals surface area contributed by atoms with E-state index in [0.717, 1.165) is 37.7 Å². The van der Waals surface area contributed by atoms with Crippen LogP contribution in [0.3, 0.4) is 0 Å². The van der Waals surface area contributed by atoms with Crippen molar-refractivity contribution in [2.24, 2.45) is 5.92 Å². The maximum atomic E-state index is 12.2. The Bertz CT molecular complexity index is 494. The van der Waals surface area contributed by atoms with Gasteiger partial charge in [-0.3, -0.25) is 4.18 Å². The van der Waals surface area contributed by atoms with Gasteiger partial charge in [-0.15, -0.1) is 0 Å². The lowest BCUT2D eigenvalue weighted by Crippen LogP contribution is -2.14. The smallest absolute Gasteiger partial charge is 0.266 e. The summed E-state index contributed by atoms with van der Waals surface area (Å²) < 4.78 is 29.6. The van der Waals surface area contributed by atoms with Crippen molar-refractivity contribution in [3.63, 3.8) is 0 Å².